The van der Waals surface area contributed by atoms with Gasteiger partial charge in [-0.15, -0.1) is 0 Å². The summed E-state index contributed by atoms with van der Waals surface area (Å²) in [5.41, 5.74) is 0.910. The lowest BCUT2D eigenvalue weighted by atomic mass is 9.90. The highest BCUT2D eigenvalue weighted by molar-refractivity contribution is 6.06. The van der Waals surface area contributed by atoms with Crippen LogP contribution in [0.15, 0.2) is 43.0 Å². The molecule has 136 valence electrons. The van der Waals surface area contributed by atoms with Gasteiger partial charge in [0.2, 0.25) is 11.9 Å². The van der Waals surface area contributed by atoms with Crippen LogP contribution in [0.4, 0.5) is 11.5 Å². The highest BCUT2D eigenvalue weighted by atomic mass is 16.2. The summed E-state index contributed by atoms with van der Waals surface area (Å²) in [6.07, 6.45) is 9.52. The van der Waals surface area contributed by atoms with Crippen molar-refractivity contribution in [2.24, 2.45) is 0 Å². The lowest BCUT2D eigenvalue weighted by molar-refractivity contribution is -0.121. The van der Waals surface area contributed by atoms with Gasteiger partial charge in [-0.2, -0.15) is 4.98 Å². The smallest absolute Gasteiger partial charge is 0.250 e. The van der Waals surface area contributed by atoms with Gasteiger partial charge in [-0.25, -0.2) is 9.97 Å². The molecule has 1 amide bonds. The van der Waals surface area contributed by atoms with E-state index >= 15 is 0 Å². The summed E-state index contributed by atoms with van der Waals surface area (Å²) in [4.78, 5) is 32.9. The van der Waals surface area contributed by atoms with Crippen LogP contribution in [0.2, 0.25) is 0 Å². The summed E-state index contributed by atoms with van der Waals surface area (Å²) in [6.45, 7) is 2.88. The molecule has 8 heteroatoms. The van der Waals surface area contributed by atoms with Gasteiger partial charge < -0.3 is 10.2 Å². The molecule has 0 unspecified atom stereocenters. The van der Waals surface area contributed by atoms with Crippen molar-refractivity contribution in [1.82, 2.24) is 24.5 Å². The quantitative estimate of drug-likeness (QED) is 0.771. The Bertz CT molecular complexity index is 1020. The molecule has 3 aromatic heterocycles. The van der Waals surface area contributed by atoms with E-state index in [0.717, 1.165) is 37.3 Å². The first-order valence-corrected chi connectivity index (χ1v) is 9.14. The number of nitrogens with one attached hydrogen (secondary N) is 1. The maximum absolute atomic E-state index is 12.7. The van der Waals surface area contributed by atoms with Crippen molar-refractivity contribution in [3.63, 3.8) is 0 Å². The summed E-state index contributed by atoms with van der Waals surface area (Å²) in [5, 5.41) is 3.00. The van der Waals surface area contributed by atoms with E-state index in [9.17, 15) is 4.79 Å². The average molecular weight is 361 g/mol. The van der Waals surface area contributed by atoms with Crippen molar-refractivity contribution >= 4 is 17.4 Å². The summed E-state index contributed by atoms with van der Waals surface area (Å²) in [6, 6.07) is 5.69. The van der Waals surface area contributed by atoms with Gasteiger partial charge >= 0.3 is 0 Å². The Balaban J connectivity index is 1.62. The van der Waals surface area contributed by atoms with Crippen molar-refractivity contribution in [3.05, 3.63) is 43.0 Å². The summed E-state index contributed by atoms with van der Waals surface area (Å²) < 4.78 is 1.82. The molecule has 3 aromatic rings. The van der Waals surface area contributed by atoms with Gasteiger partial charge in [-0.1, -0.05) is 13.0 Å². The standard InChI is InChI=1S/C19H19N7O/c1-2-19-7-5-10-26(19)16-14(23-17(19)27)12-22-18(24-16)25-11-9-21-15(25)13-6-3-4-8-20-13/h3-4,6,8-9,11-12H,2,5,7,10H2,1H3,(H,23,27)/t19-/m0/s1. The zero-order valence-corrected chi connectivity index (χ0v) is 15.0. The minimum absolute atomic E-state index is 0.0446. The van der Waals surface area contributed by atoms with E-state index in [1.807, 2.05) is 29.0 Å². The summed E-state index contributed by atoms with van der Waals surface area (Å²) in [5.74, 6) is 2.02. The van der Waals surface area contributed by atoms with Gasteiger partial charge in [0.1, 0.15) is 16.9 Å². The first-order valence-electron chi connectivity index (χ1n) is 9.14. The fourth-order valence-corrected chi connectivity index (χ4v) is 4.11. The van der Waals surface area contributed by atoms with Crippen molar-refractivity contribution in [1.29, 1.82) is 0 Å². The van der Waals surface area contributed by atoms with Gasteiger partial charge in [0.05, 0.1) is 6.20 Å². The number of hydrogen-bond donors (Lipinski definition) is 1. The van der Waals surface area contributed by atoms with Crippen LogP contribution in [0.25, 0.3) is 17.5 Å². The first kappa shape index (κ1) is 15.9. The number of rotatable bonds is 3. The lowest BCUT2D eigenvalue weighted by Gasteiger charge is -2.41. The Labute approximate surface area is 156 Å². The number of pyridine rings is 1. The molecule has 2 aliphatic rings. The second-order valence-corrected chi connectivity index (χ2v) is 6.84. The van der Waals surface area contributed by atoms with Crippen LogP contribution in [-0.4, -0.2) is 42.5 Å². The molecular formula is C19H19N7O. The van der Waals surface area contributed by atoms with E-state index < -0.39 is 5.54 Å². The van der Waals surface area contributed by atoms with Crippen LogP contribution in [0.3, 0.4) is 0 Å². The van der Waals surface area contributed by atoms with E-state index in [1.54, 1.807) is 18.6 Å². The monoisotopic (exact) mass is 361 g/mol. The molecule has 0 aromatic carbocycles. The number of hydrogen-bond acceptors (Lipinski definition) is 6. The molecule has 0 spiro atoms. The molecule has 1 saturated heterocycles. The molecule has 1 atom stereocenters. The third kappa shape index (κ3) is 2.26. The molecule has 0 radical (unpaired) electrons. The largest absolute Gasteiger partial charge is 0.340 e. The normalized spacial score (nSPS) is 20.9. The predicted molar refractivity (Wildman–Crippen MR) is 101 cm³/mol. The highest BCUT2D eigenvalue weighted by Crippen LogP contribution is 2.43. The van der Waals surface area contributed by atoms with Crippen molar-refractivity contribution in [2.75, 3.05) is 16.8 Å². The topological polar surface area (TPSA) is 88.8 Å². The van der Waals surface area contributed by atoms with Crippen LogP contribution in [0.1, 0.15) is 26.2 Å². The number of amides is 1. The van der Waals surface area contributed by atoms with Crippen LogP contribution in [0, 0.1) is 0 Å². The number of anilines is 2. The zero-order valence-electron chi connectivity index (χ0n) is 15.0. The van der Waals surface area contributed by atoms with E-state index in [-0.39, 0.29) is 5.91 Å². The van der Waals surface area contributed by atoms with Gasteiger partial charge in [0, 0.05) is 25.1 Å². The summed E-state index contributed by atoms with van der Waals surface area (Å²) in [7, 11) is 0. The third-order valence-electron chi connectivity index (χ3n) is 5.51. The van der Waals surface area contributed by atoms with Gasteiger partial charge in [0.25, 0.3) is 0 Å². The Morgan fingerprint density at radius 2 is 2.15 bits per heavy atom. The Kier molecular flexibility index (Phi) is 3.46. The van der Waals surface area contributed by atoms with Gasteiger partial charge in [0.15, 0.2) is 11.6 Å². The minimum Gasteiger partial charge on any atom is -0.340 e. The average Bonchev–Trinajstić information content (AvgIpc) is 3.37. The molecular weight excluding hydrogens is 342 g/mol. The van der Waals surface area contributed by atoms with E-state index in [0.29, 0.717) is 17.5 Å². The highest BCUT2D eigenvalue weighted by Gasteiger charge is 2.50. The van der Waals surface area contributed by atoms with Crippen LogP contribution in [0.5, 0.6) is 0 Å². The van der Waals surface area contributed by atoms with E-state index in [2.05, 4.69) is 32.1 Å². The van der Waals surface area contributed by atoms with E-state index in [4.69, 9.17) is 4.98 Å². The fourth-order valence-electron chi connectivity index (χ4n) is 4.11. The number of carbonyl (C=O) groups is 1. The predicted octanol–water partition coefficient (Wildman–Crippen LogP) is 2.43. The molecule has 0 bridgehead atoms. The number of aromatic nitrogens is 5. The number of fused-ring (bicyclic) bond motifs is 3. The van der Waals surface area contributed by atoms with Gasteiger partial charge in [-0.3, -0.25) is 14.3 Å². The molecule has 5 heterocycles. The molecule has 0 saturated carbocycles. The Morgan fingerprint density at radius 1 is 1.22 bits per heavy atom. The van der Waals surface area contributed by atoms with Crippen molar-refractivity contribution in [2.45, 2.75) is 31.7 Å². The SMILES string of the molecule is CC[C@@]12CCCN1c1nc(-n3ccnc3-c3ccccn3)ncc1NC2=O. The first-order chi connectivity index (χ1) is 13.2. The maximum atomic E-state index is 12.7. The molecule has 8 nitrogen and oxygen atoms in total. The maximum Gasteiger partial charge on any atom is 0.250 e. The second kappa shape index (κ2) is 5.87. The Morgan fingerprint density at radius 3 is 2.96 bits per heavy atom. The van der Waals surface area contributed by atoms with Gasteiger partial charge in [-0.05, 0) is 31.4 Å². The Hall–Kier alpha value is -3.29. The molecule has 2 aliphatic heterocycles. The zero-order chi connectivity index (χ0) is 18.4. The van der Waals surface area contributed by atoms with Crippen molar-refractivity contribution in [3.8, 4) is 17.5 Å². The molecule has 27 heavy (non-hydrogen) atoms. The van der Waals surface area contributed by atoms with Crippen LogP contribution in [-0.2, 0) is 4.79 Å². The van der Waals surface area contributed by atoms with E-state index in [1.165, 1.54) is 0 Å². The van der Waals surface area contributed by atoms with Crippen molar-refractivity contribution < 1.29 is 4.79 Å². The minimum atomic E-state index is -0.503. The molecule has 5 rings (SSSR count). The number of carbonyl (C=O) groups excluding carboxylic acids is 1. The molecule has 0 aliphatic carbocycles. The van der Waals surface area contributed by atoms with Crippen LogP contribution < -0.4 is 10.2 Å². The summed E-state index contributed by atoms with van der Waals surface area (Å²) >= 11 is 0. The fraction of sp³-hybridized carbons (Fsp3) is 0.316. The molecule has 1 N–H and O–H groups in total. The second-order valence-electron chi connectivity index (χ2n) is 6.84. The number of nitrogens with zero attached hydrogens (tertiary/aromatic N) is 6. The molecule has 1 fully saturated rings. The van der Waals surface area contributed by atoms with Crippen LogP contribution >= 0.6 is 0 Å². The third-order valence-corrected chi connectivity index (χ3v) is 5.51. The lowest BCUT2D eigenvalue weighted by Crippen LogP contribution is -2.56. The number of imidazole rings is 1.